The first-order chi connectivity index (χ1) is 8.25. The van der Waals surface area contributed by atoms with Crippen LogP contribution in [0.4, 0.5) is 5.69 Å². The smallest absolute Gasteiger partial charge is 0.153 e. The third-order valence-corrected chi connectivity index (χ3v) is 6.69. The summed E-state index contributed by atoms with van der Waals surface area (Å²) in [6.07, 6.45) is 0. The van der Waals surface area contributed by atoms with E-state index in [1.54, 1.807) is 26.0 Å². The third kappa shape index (κ3) is 3.55. The van der Waals surface area contributed by atoms with Gasteiger partial charge < -0.3 is 5.73 Å². The minimum absolute atomic E-state index is 0.0787. The van der Waals surface area contributed by atoms with Gasteiger partial charge >= 0.3 is 0 Å². The number of nitrogen functional groups attached to an aromatic ring is 1. The second-order valence-electron chi connectivity index (χ2n) is 4.45. The fraction of sp³-hybridized carbons (Fsp3) is 0.500. The highest BCUT2D eigenvalue weighted by atomic mass is 32.2. The molecule has 1 unspecified atom stereocenters. The van der Waals surface area contributed by atoms with Gasteiger partial charge in [-0.05, 0) is 32.4 Å². The number of hydrogen-bond acceptors (Lipinski definition) is 4. The van der Waals surface area contributed by atoms with Crippen molar-refractivity contribution < 1.29 is 12.6 Å². The third-order valence-electron chi connectivity index (χ3n) is 2.80. The van der Waals surface area contributed by atoms with E-state index in [-0.39, 0.29) is 11.5 Å². The molecule has 0 heterocycles. The summed E-state index contributed by atoms with van der Waals surface area (Å²) in [5.41, 5.74) is 7.18. The van der Waals surface area contributed by atoms with E-state index in [4.69, 9.17) is 5.73 Å². The Morgan fingerprint density at radius 2 is 1.94 bits per heavy atom. The minimum Gasteiger partial charge on any atom is -0.398 e. The van der Waals surface area contributed by atoms with Crippen LogP contribution in [0.3, 0.4) is 0 Å². The molecule has 0 spiro atoms. The summed E-state index contributed by atoms with van der Waals surface area (Å²) >= 11 is 0. The highest BCUT2D eigenvalue weighted by Crippen LogP contribution is 2.20. The van der Waals surface area contributed by atoms with E-state index in [1.807, 2.05) is 13.0 Å². The van der Waals surface area contributed by atoms with Gasteiger partial charge in [-0.2, -0.15) is 0 Å². The number of nitrogens with two attached hydrogens (primary N) is 1. The second kappa shape index (κ2) is 5.84. The van der Waals surface area contributed by atoms with Crippen molar-refractivity contribution in [3.63, 3.8) is 0 Å². The van der Waals surface area contributed by atoms with Gasteiger partial charge in [0.1, 0.15) is 0 Å². The number of rotatable bonds is 5. The van der Waals surface area contributed by atoms with Crippen LogP contribution in [0, 0.1) is 6.92 Å². The van der Waals surface area contributed by atoms with Crippen molar-refractivity contribution >= 4 is 26.3 Å². The van der Waals surface area contributed by atoms with Gasteiger partial charge in [0.25, 0.3) is 0 Å². The lowest BCUT2D eigenvalue weighted by molar-refractivity contribution is 0.588. The summed E-state index contributed by atoms with van der Waals surface area (Å²) in [6, 6.07) is 5.29. The maximum absolute atomic E-state index is 12.1. The van der Waals surface area contributed by atoms with Crippen LogP contribution < -0.4 is 5.73 Å². The largest absolute Gasteiger partial charge is 0.398 e. The van der Waals surface area contributed by atoms with Crippen LogP contribution in [0.25, 0.3) is 0 Å². The minimum atomic E-state index is -3.16. The molecular weight excluding hydrogens is 270 g/mol. The molecule has 18 heavy (non-hydrogen) atoms. The summed E-state index contributed by atoms with van der Waals surface area (Å²) in [6.45, 7) is 5.08. The van der Waals surface area contributed by atoms with E-state index >= 15 is 0 Å². The van der Waals surface area contributed by atoms with Gasteiger partial charge in [-0.15, -0.1) is 0 Å². The number of aryl methyl sites for hydroxylation is 1. The average Bonchev–Trinajstić information content (AvgIpc) is 2.29. The molecule has 0 aliphatic carbocycles. The van der Waals surface area contributed by atoms with Crippen molar-refractivity contribution in [2.75, 3.05) is 17.2 Å². The normalized spacial score (nSPS) is 13.8. The number of anilines is 1. The lowest BCUT2D eigenvalue weighted by Crippen LogP contribution is -2.21. The quantitative estimate of drug-likeness (QED) is 0.833. The summed E-state index contributed by atoms with van der Waals surface area (Å²) in [5.74, 6) is 0.0127. The molecule has 1 aromatic carbocycles. The van der Waals surface area contributed by atoms with Crippen LogP contribution in [0.5, 0.6) is 0 Å². The van der Waals surface area contributed by atoms with E-state index in [2.05, 4.69) is 0 Å². The molecule has 2 N–H and O–H groups in total. The first-order valence-corrected chi connectivity index (χ1v) is 8.74. The fourth-order valence-electron chi connectivity index (χ4n) is 1.39. The Hall–Kier alpha value is -0.880. The summed E-state index contributed by atoms with van der Waals surface area (Å²) in [4.78, 5) is 0.522. The number of benzene rings is 1. The molecule has 0 saturated heterocycles. The molecule has 1 aromatic rings. The Kier molecular flexibility index (Phi) is 4.92. The standard InChI is InChI=1S/C12H19NO3S2/c1-9(2)18(15,16)8-7-17(14)11-6-4-5-10(3)12(11)13/h4-6,9H,7-8,13H2,1-3H3. The Morgan fingerprint density at radius 3 is 2.50 bits per heavy atom. The van der Waals surface area contributed by atoms with E-state index in [1.165, 1.54) is 0 Å². The zero-order valence-corrected chi connectivity index (χ0v) is 12.5. The van der Waals surface area contributed by atoms with Gasteiger partial charge in [-0.3, -0.25) is 4.21 Å². The second-order valence-corrected chi connectivity index (χ2v) is 8.67. The molecular formula is C12H19NO3S2. The summed E-state index contributed by atoms with van der Waals surface area (Å²) in [5, 5.41) is -0.440. The van der Waals surface area contributed by atoms with Crippen LogP contribution in [-0.4, -0.2) is 29.4 Å². The molecule has 102 valence electrons. The van der Waals surface area contributed by atoms with E-state index in [0.29, 0.717) is 10.6 Å². The van der Waals surface area contributed by atoms with Crippen molar-refractivity contribution in [3.05, 3.63) is 23.8 Å². The lowest BCUT2D eigenvalue weighted by atomic mass is 10.2. The Labute approximate surface area is 111 Å². The molecule has 1 atom stereocenters. The van der Waals surface area contributed by atoms with Crippen molar-refractivity contribution in [3.8, 4) is 0 Å². The van der Waals surface area contributed by atoms with Gasteiger partial charge in [0.15, 0.2) is 9.84 Å². The molecule has 0 aliphatic heterocycles. The van der Waals surface area contributed by atoms with Crippen molar-refractivity contribution in [1.29, 1.82) is 0 Å². The van der Waals surface area contributed by atoms with Gasteiger partial charge in [0.2, 0.25) is 0 Å². The first kappa shape index (κ1) is 15.2. The molecule has 0 radical (unpaired) electrons. The number of sulfone groups is 1. The predicted molar refractivity (Wildman–Crippen MR) is 75.8 cm³/mol. The summed E-state index contributed by atoms with van der Waals surface area (Å²) < 4.78 is 35.4. The Morgan fingerprint density at radius 1 is 1.33 bits per heavy atom. The lowest BCUT2D eigenvalue weighted by Gasteiger charge is -2.10. The van der Waals surface area contributed by atoms with Gasteiger partial charge in [-0.1, -0.05) is 12.1 Å². The van der Waals surface area contributed by atoms with E-state index in [0.717, 1.165) is 5.56 Å². The molecule has 1 rings (SSSR count). The average molecular weight is 289 g/mol. The predicted octanol–water partition coefficient (Wildman–Crippen LogP) is 1.51. The van der Waals surface area contributed by atoms with Crippen LogP contribution in [0.1, 0.15) is 19.4 Å². The van der Waals surface area contributed by atoms with E-state index < -0.39 is 25.9 Å². The van der Waals surface area contributed by atoms with Crippen LogP contribution >= 0.6 is 0 Å². The Balaban J connectivity index is 2.82. The SMILES string of the molecule is Cc1cccc(S(=O)CCS(=O)(=O)C(C)C)c1N. The molecule has 0 amide bonds. The molecule has 0 saturated carbocycles. The topological polar surface area (TPSA) is 77.2 Å². The monoisotopic (exact) mass is 289 g/mol. The highest BCUT2D eigenvalue weighted by Gasteiger charge is 2.18. The maximum Gasteiger partial charge on any atom is 0.153 e. The van der Waals surface area contributed by atoms with Gasteiger partial charge in [0, 0.05) is 5.75 Å². The number of hydrogen-bond donors (Lipinski definition) is 1. The Bertz CT molecular complexity index is 550. The van der Waals surface area contributed by atoms with E-state index in [9.17, 15) is 12.6 Å². The highest BCUT2D eigenvalue weighted by molar-refractivity contribution is 7.93. The van der Waals surface area contributed by atoms with Crippen molar-refractivity contribution in [2.45, 2.75) is 30.9 Å². The number of para-hydroxylation sites is 1. The molecule has 0 bridgehead atoms. The van der Waals surface area contributed by atoms with Crippen molar-refractivity contribution in [1.82, 2.24) is 0 Å². The molecule has 0 fully saturated rings. The fourth-order valence-corrected chi connectivity index (χ4v) is 4.25. The van der Waals surface area contributed by atoms with Crippen LogP contribution in [-0.2, 0) is 20.6 Å². The van der Waals surface area contributed by atoms with Gasteiger partial charge in [-0.25, -0.2) is 8.42 Å². The molecule has 6 heteroatoms. The molecule has 0 aliphatic rings. The zero-order valence-electron chi connectivity index (χ0n) is 10.8. The van der Waals surface area contributed by atoms with Crippen LogP contribution in [0.15, 0.2) is 23.1 Å². The maximum atomic E-state index is 12.1. The van der Waals surface area contributed by atoms with Crippen molar-refractivity contribution in [2.24, 2.45) is 0 Å². The molecule has 0 aromatic heterocycles. The first-order valence-electron chi connectivity index (χ1n) is 5.70. The zero-order chi connectivity index (χ0) is 13.9. The molecule has 4 nitrogen and oxygen atoms in total. The van der Waals surface area contributed by atoms with Crippen LogP contribution in [0.2, 0.25) is 0 Å². The summed E-state index contributed by atoms with van der Waals surface area (Å²) in [7, 11) is -4.53. The van der Waals surface area contributed by atoms with Gasteiger partial charge in [0.05, 0.1) is 32.4 Å².